The van der Waals surface area contributed by atoms with E-state index in [0.29, 0.717) is 11.3 Å². The molecule has 0 amide bonds. The minimum absolute atomic E-state index is 0.0545. The molecule has 0 fully saturated rings. The van der Waals surface area contributed by atoms with Gasteiger partial charge in [-0.1, -0.05) is 12.1 Å². The van der Waals surface area contributed by atoms with Gasteiger partial charge >= 0.3 is 5.97 Å². The molecule has 1 aromatic carbocycles. The van der Waals surface area contributed by atoms with E-state index in [1.807, 2.05) is 0 Å². The molecule has 0 aliphatic heterocycles. The molecular weight excluding hydrogens is 346 g/mol. The van der Waals surface area contributed by atoms with Crippen molar-refractivity contribution in [3.05, 3.63) is 60.1 Å². The lowest BCUT2D eigenvalue weighted by Gasteiger charge is -2.05. The quantitative estimate of drug-likeness (QED) is 0.568. The van der Waals surface area contributed by atoms with Crippen LogP contribution in [0.3, 0.4) is 0 Å². The Morgan fingerprint density at radius 3 is 2.52 bits per heavy atom. The summed E-state index contributed by atoms with van der Waals surface area (Å²) >= 11 is 0. The van der Waals surface area contributed by atoms with Crippen molar-refractivity contribution < 1.29 is 27.2 Å². The van der Waals surface area contributed by atoms with E-state index in [-0.39, 0.29) is 23.8 Å². The molecule has 0 bridgehead atoms. The first-order chi connectivity index (χ1) is 11.9. The number of hydrogen-bond donors (Lipinski definition) is 1. The van der Waals surface area contributed by atoms with Crippen molar-refractivity contribution in [3.63, 3.8) is 0 Å². The number of ketones is 1. The highest BCUT2D eigenvalue weighted by Crippen LogP contribution is 2.12. The van der Waals surface area contributed by atoms with Crippen LogP contribution < -0.4 is 4.72 Å². The van der Waals surface area contributed by atoms with Gasteiger partial charge in [0.05, 0.1) is 17.7 Å². The second-order valence-corrected chi connectivity index (χ2v) is 6.88. The topological polar surface area (TPSA) is 103 Å². The maximum absolute atomic E-state index is 12.2. The van der Waals surface area contributed by atoms with Gasteiger partial charge in [-0.3, -0.25) is 4.79 Å². The third-order valence-electron chi connectivity index (χ3n) is 3.04. The minimum Gasteiger partial charge on any atom is -0.468 e. The predicted molar refractivity (Wildman–Crippen MR) is 89.8 cm³/mol. The highest BCUT2D eigenvalue weighted by molar-refractivity contribution is 7.89. The molecule has 0 saturated carbocycles. The predicted octanol–water partition coefficient (Wildman–Crippen LogP) is 1.90. The Morgan fingerprint density at radius 2 is 1.92 bits per heavy atom. The Morgan fingerprint density at radius 1 is 1.20 bits per heavy atom. The number of sulfonamides is 1. The third kappa shape index (κ3) is 6.02. The highest BCUT2D eigenvalue weighted by atomic mass is 32.2. The van der Waals surface area contributed by atoms with Crippen molar-refractivity contribution in [1.82, 2.24) is 4.72 Å². The van der Waals surface area contributed by atoms with E-state index >= 15 is 0 Å². The lowest BCUT2D eigenvalue weighted by Crippen LogP contribution is -2.22. The average molecular weight is 363 g/mol. The van der Waals surface area contributed by atoms with Gasteiger partial charge in [0.1, 0.15) is 12.4 Å². The fraction of sp³-hybridized carbons (Fsp3) is 0.176. The average Bonchev–Trinajstić information content (AvgIpc) is 3.10. The molecule has 7 nitrogen and oxygen atoms in total. The number of carbonyl (C=O) groups excluding carboxylic acids is 2. The molecule has 0 unspecified atom stereocenters. The van der Waals surface area contributed by atoms with Crippen LogP contribution in [0.15, 0.2) is 58.1 Å². The van der Waals surface area contributed by atoms with Gasteiger partial charge in [-0.25, -0.2) is 17.9 Å². The Bertz CT molecular complexity index is 851. The molecule has 0 saturated heterocycles. The van der Waals surface area contributed by atoms with Crippen LogP contribution in [0.5, 0.6) is 0 Å². The van der Waals surface area contributed by atoms with E-state index in [1.165, 1.54) is 37.5 Å². The van der Waals surface area contributed by atoms with Crippen molar-refractivity contribution in [1.29, 1.82) is 0 Å². The summed E-state index contributed by atoms with van der Waals surface area (Å²) in [6.45, 7) is 1.09. The van der Waals surface area contributed by atoms with Crippen molar-refractivity contribution in [3.8, 4) is 0 Å². The smallest absolute Gasteiger partial charge is 0.331 e. The minimum atomic E-state index is -3.67. The summed E-state index contributed by atoms with van der Waals surface area (Å²) in [5.74, 6) is -0.391. The first kappa shape index (κ1) is 18.6. The SMILES string of the molecule is CC(=O)COC(=O)C=Cc1ccc(S(=O)(=O)NCc2ccco2)cc1. The molecule has 0 spiro atoms. The molecule has 0 aliphatic rings. The fourth-order valence-corrected chi connectivity index (χ4v) is 2.80. The maximum Gasteiger partial charge on any atom is 0.331 e. The van der Waals surface area contributed by atoms with Gasteiger partial charge in [-0.05, 0) is 42.8 Å². The van der Waals surface area contributed by atoms with Crippen LogP contribution in [0.4, 0.5) is 0 Å². The Kier molecular flexibility index (Phi) is 6.26. The van der Waals surface area contributed by atoms with Crippen LogP contribution >= 0.6 is 0 Å². The third-order valence-corrected chi connectivity index (χ3v) is 4.45. The zero-order valence-electron chi connectivity index (χ0n) is 13.5. The van der Waals surface area contributed by atoms with E-state index in [9.17, 15) is 18.0 Å². The number of ether oxygens (including phenoxy) is 1. The maximum atomic E-state index is 12.2. The molecule has 2 aromatic rings. The van der Waals surface area contributed by atoms with Gasteiger partial charge in [0, 0.05) is 6.08 Å². The van der Waals surface area contributed by atoms with Gasteiger partial charge in [0.25, 0.3) is 0 Å². The Balaban J connectivity index is 1.96. The first-order valence-corrected chi connectivity index (χ1v) is 8.81. The standard InChI is InChI=1S/C17H17NO6S/c1-13(19)12-24-17(20)9-6-14-4-7-16(8-5-14)25(21,22)18-11-15-3-2-10-23-15/h2-10,18H,11-12H2,1H3. The summed E-state index contributed by atoms with van der Waals surface area (Å²) in [6.07, 6.45) is 4.10. The van der Waals surface area contributed by atoms with Crippen LogP contribution in [-0.2, 0) is 30.9 Å². The van der Waals surface area contributed by atoms with Gasteiger partial charge < -0.3 is 9.15 Å². The fourth-order valence-electron chi connectivity index (χ4n) is 1.81. The van der Waals surface area contributed by atoms with Crippen molar-refractivity contribution in [2.45, 2.75) is 18.4 Å². The largest absolute Gasteiger partial charge is 0.468 e. The number of Topliss-reactive ketones (excluding diaryl/α,β-unsaturated/α-hetero) is 1. The zero-order valence-corrected chi connectivity index (χ0v) is 14.3. The van der Waals surface area contributed by atoms with Crippen molar-refractivity contribution in [2.75, 3.05) is 6.61 Å². The molecule has 2 rings (SSSR count). The number of esters is 1. The van der Waals surface area contributed by atoms with Crippen LogP contribution in [0.1, 0.15) is 18.2 Å². The van der Waals surface area contributed by atoms with Crippen LogP contribution in [0.2, 0.25) is 0 Å². The number of hydrogen-bond acceptors (Lipinski definition) is 6. The molecule has 25 heavy (non-hydrogen) atoms. The zero-order chi connectivity index (χ0) is 18.3. The summed E-state index contributed by atoms with van der Waals surface area (Å²) in [5.41, 5.74) is 0.616. The molecule has 1 N–H and O–H groups in total. The Labute approximate surface area is 145 Å². The second-order valence-electron chi connectivity index (χ2n) is 5.12. The van der Waals surface area contributed by atoms with E-state index in [1.54, 1.807) is 24.3 Å². The van der Waals surface area contributed by atoms with E-state index in [4.69, 9.17) is 4.42 Å². The number of rotatable bonds is 8. The monoisotopic (exact) mass is 363 g/mol. The van der Waals surface area contributed by atoms with E-state index < -0.39 is 16.0 Å². The molecule has 0 aliphatic carbocycles. The van der Waals surface area contributed by atoms with Gasteiger partial charge in [-0.2, -0.15) is 0 Å². The van der Waals surface area contributed by atoms with Gasteiger partial charge in [0.15, 0.2) is 5.78 Å². The van der Waals surface area contributed by atoms with E-state index in [2.05, 4.69) is 9.46 Å². The van der Waals surface area contributed by atoms with Gasteiger partial charge in [0.2, 0.25) is 10.0 Å². The molecule has 8 heteroatoms. The second kappa shape index (κ2) is 8.41. The van der Waals surface area contributed by atoms with Crippen LogP contribution in [0, 0.1) is 0 Å². The molecule has 1 aromatic heterocycles. The van der Waals surface area contributed by atoms with Crippen LogP contribution in [-0.4, -0.2) is 26.8 Å². The number of furan rings is 1. The summed E-state index contributed by atoms with van der Waals surface area (Å²) < 4.78 is 36.5. The summed E-state index contributed by atoms with van der Waals surface area (Å²) in [6, 6.07) is 9.29. The molecule has 0 radical (unpaired) electrons. The normalized spacial score (nSPS) is 11.6. The number of benzene rings is 1. The molecular formula is C17H17NO6S. The lowest BCUT2D eigenvalue weighted by atomic mass is 10.2. The summed E-state index contributed by atoms with van der Waals surface area (Å²) in [4.78, 5) is 22.2. The van der Waals surface area contributed by atoms with Crippen molar-refractivity contribution >= 4 is 27.9 Å². The highest BCUT2D eigenvalue weighted by Gasteiger charge is 2.13. The lowest BCUT2D eigenvalue weighted by molar-refractivity contribution is -0.142. The first-order valence-electron chi connectivity index (χ1n) is 7.33. The number of carbonyl (C=O) groups is 2. The summed E-state index contributed by atoms with van der Waals surface area (Å²) in [5, 5.41) is 0. The van der Waals surface area contributed by atoms with Gasteiger partial charge in [-0.15, -0.1) is 0 Å². The molecule has 132 valence electrons. The van der Waals surface area contributed by atoms with Crippen LogP contribution in [0.25, 0.3) is 6.08 Å². The number of nitrogens with one attached hydrogen (secondary N) is 1. The van der Waals surface area contributed by atoms with E-state index in [0.717, 1.165) is 0 Å². The van der Waals surface area contributed by atoms with Crippen molar-refractivity contribution in [2.24, 2.45) is 0 Å². The molecule has 0 atom stereocenters. The molecule has 1 heterocycles. The summed E-state index contributed by atoms with van der Waals surface area (Å²) in [7, 11) is -3.67. The Hall–Kier alpha value is -2.71.